The normalized spacial score (nSPS) is 10.7. The van der Waals surface area contributed by atoms with Gasteiger partial charge in [-0.3, -0.25) is 4.79 Å². The van der Waals surface area contributed by atoms with E-state index in [9.17, 15) is 20.0 Å². The van der Waals surface area contributed by atoms with Crippen molar-refractivity contribution in [1.82, 2.24) is 9.78 Å². The highest BCUT2D eigenvalue weighted by molar-refractivity contribution is 9.10. The fourth-order valence-corrected chi connectivity index (χ4v) is 2.73. The highest BCUT2D eigenvalue weighted by atomic mass is 79.9. The predicted octanol–water partition coefficient (Wildman–Crippen LogP) is 3.74. The maximum Gasteiger partial charge on any atom is 0.357 e. The molecular weight excluding hydrogens is 410 g/mol. The Morgan fingerprint density at radius 3 is 2.37 bits per heavy atom. The molecule has 0 fully saturated rings. The molecule has 0 aliphatic carbocycles. The van der Waals surface area contributed by atoms with E-state index in [1.807, 2.05) is 30.3 Å². The number of carboxylic acid groups (broad SMARTS) is 1. The lowest BCUT2D eigenvalue weighted by atomic mass is 10.1. The Balaban J connectivity index is 2.20. The molecule has 0 spiro atoms. The second-order valence-electron chi connectivity index (χ2n) is 5.49. The highest BCUT2D eigenvalue weighted by Gasteiger charge is 2.20. The molecule has 3 aromatic rings. The molecule has 3 rings (SSSR count). The molecule has 0 aliphatic rings. The Hall–Kier alpha value is -3.50. The summed E-state index contributed by atoms with van der Waals surface area (Å²) in [6.45, 7) is 0. The van der Waals surface area contributed by atoms with Gasteiger partial charge in [0.05, 0.1) is 5.69 Å². The van der Waals surface area contributed by atoms with Gasteiger partial charge >= 0.3 is 5.97 Å². The second-order valence-corrected chi connectivity index (χ2v) is 6.41. The van der Waals surface area contributed by atoms with Gasteiger partial charge in [0, 0.05) is 10.0 Å². The van der Waals surface area contributed by atoms with Crippen LogP contribution in [0.2, 0.25) is 0 Å². The van der Waals surface area contributed by atoms with Crippen molar-refractivity contribution in [2.75, 3.05) is 0 Å². The lowest BCUT2D eigenvalue weighted by Crippen LogP contribution is -2.28. The van der Waals surface area contributed by atoms with E-state index < -0.39 is 11.5 Å². The van der Waals surface area contributed by atoms with Crippen molar-refractivity contribution >= 4 is 34.1 Å². The molecule has 0 radical (unpaired) electrons. The van der Waals surface area contributed by atoms with Crippen molar-refractivity contribution in [2.45, 2.75) is 0 Å². The van der Waals surface area contributed by atoms with Crippen molar-refractivity contribution in [3.05, 3.63) is 91.8 Å². The average molecular weight is 422 g/mol. The van der Waals surface area contributed by atoms with Crippen LogP contribution in [0.4, 0.5) is 0 Å². The van der Waals surface area contributed by atoms with Gasteiger partial charge in [0.25, 0.3) is 5.56 Å². The Bertz CT molecular complexity index is 1130. The number of para-hydroxylation sites is 1. The van der Waals surface area contributed by atoms with E-state index in [4.69, 9.17) is 0 Å². The molecule has 1 N–H and O–H groups in total. The van der Waals surface area contributed by atoms with Crippen LogP contribution in [0.1, 0.15) is 27.2 Å². The number of rotatable bonds is 4. The van der Waals surface area contributed by atoms with E-state index in [1.165, 1.54) is 6.08 Å². The molecule has 2 aromatic carbocycles. The third-order valence-electron chi connectivity index (χ3n) is 3.76. The van der Waals surface area contributed by atoms with Crippen LogP contribution >= 0.6 is 15.9 Å². The monoisotopic (exact) mass is 421 g/mol. The van der Waals surface area contributed by atoms with Gasteiger partial charge in [-0.05, 0) is 29.8 Å². The summed E-state index contributed by atoms with van der Waals surface area (Å²) in [5.74, 6) is -1.33. The molecule has 0 amide bonds. The Morgan fingerprint density at radius 2 is 1.78 bits per heavy atom. The smallest absolute Gasteiger partial charge is 0.357 e. The fraction of sp³-hybridized carbons (Fsp3) is 0. The van der Waals surface area contributed by atoms with Crippen molar-refractivity contribution < 1.29 is 9.90 Å². The van der Waals surface area contributed by atoms with E-state index in [1.54, 1.807) is 36.4 Å². The number of aromatic nitrogens is 2. The molecule has 0 bridgehead atoms. The molecule has 0 saturated carbocycles. The van der Waals surface area contributed by atoms with Crippen LogP contribution in [-0.2, 0) is 0 Å². The van der Waals surface area contributed by atoms with E-state index in [2.05, 4.69) is 21.0 Å². The second kappa shape index (κ2) is 7.81. The number of halogens is 1. The molecule has 7 heteroatoms. The van der Waals surface area contributed by atoms with E-state index in [0.29, 0.717) is 5.69 Å². The van der Waals surface area contributed by atoms with Crippen LogP contribution in [0, 0.1) is 11.3 Å². The lowest BCUT2D eigenvalue weighted by Gasteiger charge is -2.09. The minimum absolute atomic E-state index is 0.0231. The summed E-state index contributed by atoms with van der Waals surface area (Å²) in [4.78, 5) is 24.4. The quantitative estimate of drug-likeness (QED) is 0.691. The Labute approximate surface area is 162 Å². The summed E-state index contributed by atoms with van der Waals surface area (Å²) < 4.78 is 1.83. The van der Waals surface area contributed by atoms with Gasteiger partial charge in [0.15, 0.2) is 5.69 Å². The number of carbonyl (C=O) groups is 1. The number of benzene rings is 2. The molecule has 6 nitrogen and oxygen atoms in total. The summed E-state index contributed by atoms with van der Waals surface area (Å²) >= 11 is 3.34. The zero-order valence-corrected chi connectivity index (χ0v) is 15.4. The molecule has 1 aromatic heterocycles. The van der Waals surface area contributed by atoms with Crippen LogP contribution in [0.15, 0.2) is 63.9 Å². The molecule has 1 heterocycles. The number of nitriles is 1. The number of hydrogen-bond acceptors (Lipinski definition) is 4. The van der Waals surface area contributed by atoms with Gasteiger partial charge in [-0.15, -0.1) is 0 Å². The minimum atomic E-state index is -1.33. The lowest BCUT2D eigenvalue weighted by molar-refractivity contribution is 0.0688. The maximum atomic E-state index is 12.7. The van der Waals surface area contributed by atoms with Crippen molar-refractivity contribution in [3.63, 3.8) is 0 Å². The first-order chi connectivity index (χ1) is 13.0. The van der Waals surface area contributed by atoms with E-state index in [0.717, 1.165) is 14.7 Å². The average Bonchev–Trinajstić information content (AvgIpc) is 2.68. The van der Waals surface area contributed by atoms with Crippen molar-refractivity contribution in [2.24, 2.45) is 0 Å². The molecule has 132 valence electrons. The molecule has 0 unspecified atom stereocenters. The largest absolute Gasteiger partial charge is 0.476 e. The van der Waals surface area contributed by atoms with Gasteiger partial charge in [0.2, 0.25) is 0 Å². The first-order valence-corrected chi connectivity index (χ1v) is 8.60. The van der Waals surface area contributed by atoms with Crippen molar-refractivity contribution in [1.29, 1.82) is 5.26 Å². The van der Waals surface area contributed by atoms with E-state index >= 15 is 0 Å². The number of nitrogens with zero attached hydrogens (tertiary/aromatic N) is 3. The summed E-state index contributed by atoms with van der Waals surface area (Å²) in [6, 6.07) is 17.5. The predicted molar refractivity (Wildman–Crippen MR) is 105 cm³/mol. The molecule has 0 atom stereocenters. The third kappa shape index (κ3) is 3.86. The molecule has 27 heavy (non-hydrogen) atoms. The number of carboxylic acids is 1. The maximum absolute atomic E-state index is 12.7. The molecular formula is C20H12BrN3O3. The Kier molecular flexibility index (Phi) is 5.29. The summed E-state index contributed by atoms with van der Waals surface area (Å²) in [6.07, 6.45) is 3.05. The van der Waals surface area contributed by atoms with E-state index in [-0.39, 0.29) is 16.8 Å². The Morgan fingerprint density at radius 1 is 1.11 bits per heavy atom. The molecule has 0 saturated heterocycles. The van der Waals surface area contributed by atoms with Crippen LogP contribution in [0.5, 0.6) is 0 Å². The zero-order chi connectivity index (χ0) is 19.4. The summed E-state index contributed by atoms with van der Waals surface area (Å²) in [5, 5.41) is 23.0. The standard InChI is InChI=1S/C20H12BrN3O3/c21-14-9-6-13(7-10-14)8-11-16-17(12-22)19(25)24(23-18(16)20(26)27)15-4-2-1-3-5-15/h1-11H,(H,26,27)/b11-8-. The first-order valence-electron chi connectivity index (χ1n) is 7.81. The van der Waals surface area contributed by atoms with Crippen LogP contribution in [-0.4, -0.2) is 20.9 Å². The van der Waals surface area contributed by atoms with Crippen LogP contribution < -0.4 is 5.56 Å². The van der Waals surface area contributed by atoms with Gasteiger partial charge in [-0.2, -0.15) is 15.0 Å². The van der Waals surface area contributed by atoms with Gasteiger partial charge in [-0.1, -0.05) is 58.4 Å². The van der Waals surface area contributed by atoms with Crippen molar-refractivity contribution in [3.8, 4) is 11.8 Å². The highest BCUT2D eigenvalue weighted by Crippen LogP contribution is 2.17. The summed E-state index contributed by atoms with van der Waals surface area (Å²) in [5.41, 5.74) is -0.187. The van der Waals surface area contributed by atoms with Gasteiger partial charge < -0.3 is 5.11 Å². The third-order valence-corrected chi connectivity index (χ3v) is 4.29. The first kappa shape index (κ1) is 18.3. The summed E-state index contributed by atoms with van der Waals surface area (Å²) in [7, 11) is 0. The van der Waals surface area contributed by atoms with Gasteiger partial charge in [0.1, 0.15) is 11.6 Å². The van der Waals surface area contributed by atoms with Gasteiger partial charge in [-0.25, -0.2) is 4.79 Å². The fourth-order valence-electron chi connectivity index (χ4n) is 2.46. The SMILES string of the molecule is N#Cc1c(/C=C\c2ccc(Br)cc2)c(C(=O)O)nn(-c2ccccc2)c1=O. The van der Waals surface area contributed by atoms with Crippen LogP contribution in [0.3, 0.4) is 0 Å². The zero-order valence-electron chi connectivity index (χ0n) is 13.8. The number of aromatic carboxylic acids is 1. The topological polar surface area (TPSA) is 96.0 Å². The molecule has 0 aliphatic heterocycles. The number of hydrogen-bond donors (Lipinski definition) is 1. The minimum Gasteiger partial charge on any atom is -0.476 e. The van der Waals surface area contributed by atoms with Crippen LogP contribution in [0.25, 0.3) is 17.8 Å².